The summed E-state index contributed by atoms with van der Waals surface area (Å²) in [6.07, 6.45) is -11.9. The predicted molar refractivity (Wildman–Crippen MR) is 129 cm³/mol. The topological polar surface area (TPSA) is 77.9 Å². The number of carbonyl (C=O) groups is 1. The molecule has 0 aliphatic rings. The van der Waals surface area contributed by atoms with Gasteiger partial charge in [0.15, 0.2) is 23.9 Å². The lowest BCUT2D eigenvalue weighted by molar-refractivity contribution is -0.270. The third kappa shape index (κ3) is 6.94. The summed E-state index contributed by atoms with van der Waals surface area (Å²) in [5.41, 5.74) is -4.73. The minimum absolute atomic E-state index is 0.00644. The van der Waals surface area contributed by atoms with Gasteiger partial charge in [-0.25, -0.2) is 9.37 Å². The molecule has 1 aromatic heterocycles. The molecule has 14 heteroatoms. The third-order valence-electron chi connectivity index (χ3n) is 5.75. The summed E-state index contributed by atoms with van der Waals surface area (Å²) < 4.78 is 108. The zero-order chi connectivity index (χ0) is 29.9. The number of hydrogen-bond donors (Lipinski definition) is 1. The first-order chi connectivity index (χ1) is 18.6. The molecule has 0 saturated carbocycles. The molecule has 3 aromatic rings. The number of nitrogens with zero attached hydrogens (tertiary/aromatic N) is 1. The average molecular weight is 596 g/mol. The number of hydrogen-bond acceptors (Lipinski definition) is 6. The van der Waals surface area contributed by atoms with E-state index >= 15 is 0 Å². The van der Waals surface area contributed by atoms with E-state index in [0.717, 1.165) is 49.6 Å². The molecular weight excluding hydrogens is 575 g/mol. The van der Waals surface area contributed by atoms with Crippen molar-refractivity contribution in [3.05, 3.63) is 70.6 Å². The van der Waals surface area contributed by atoms with E-state index in [0.29, 0.717) is 0 Å². The van der Waals surface area contributed by atoms with Crippen molar-refractivity contribution in [2.24, 2.45) is 0 Å². The molecule has 1 unspecified atom stereocenters. The normalized spacial score (nSPS) is 13.5. The molecule has 0 saturated heterocycles. The van der Waals surface area contributed by atoms with E-state index in [4.69, 9.17) is 21.1 Å². The monoisotopic (exact) mass is 595 g/mol. The van der Waals surface area contributed by atoms with Crippen LogP contribution in [-0.4, -0.2) is 49.1 Å². The standard InChI is InChI=1S/C26H21ClF7NO5/c1-38-20-7-8-22(35-23(20)15-3-5-17(28)16(27)11-15)24(37,26(32,33)34)10-9-18(36)14-4-6-19(21(12-14)39-2)40-13-25(29,30)31/h3-8,11-12,37H,9-10,13H2,1-2H3. The van der Waals surface area contributed by atoms with Gasteiger partial charge in [-0.3, -0.25) is 4.79 Å². The molecule has 40 heavy (non-hydrogen) atoms. The van der Waals surface area contributed by atoms with Gasteiger partial charge < -0.3 is 19.3 Å². The lowest BCUT2D eigenvalue weighted by Gasteiger charge is -2.30. The SMILES string of the molecule is COc1cc(C(=O)CCC(O)(c2ccc(OC)c(-c3ccc(F)c(Cl)c3)n2)C(F)(F)F)ccc1OCC(F)(F)F. The summed E-state index contributed by atoms with van der Waals surface area (Å²) in [6.45, 7) is -1.63. The molecule has 2 aromatic carbocycles. The van der Waals surface area contributed by atoms with Gasteiger partial charge in [0.2, 0.25) is 5.60 Å². The van der Waals surface area contributed by atoms with Crippen LogP contribution < -0.4 is 14.2 Å². The molecule has 3 rings (SSSR count). The number of rotatable bonds is 10. The van der Waals surface area contributed by atoms with Gasteiger partial charge in [0.1, 0.15) is 17.3 Å². The molecule has 0 bridgehead atoms. The Morgan fingerprint density at radius 3 is 2.15 bits per heavy atom. The Balaban J connectivity index is 1.92. The van der Waals surface area contributed by atoms with Crippen molar-refractivity contribution in [1.82, 2.24) is 4.98 Å². The molecule has 1 heterocycles. The van der Waals surface area contributed by atoms with Crippen LogP contribution in [0.3, 0.4) is 0 Å². The maximum atomic E-state index is 14.2. The van der Waals surface area contributed by atoms with E-state index in [9.17, 15) is 40.6 Å². The molecule has 0 radical (unpaired) electrons. The number of aliphatic hydroxyl groups is 1. The van der Waals surface area contributed by atoms with Gasteiger partial charge in [-0.15, -0.1) is 0 Å². The number of ether oxygens (including phenoxy) is 3. The molecule has 216 valence electrons. The average Bonchev–Trinajstić information content (AvgIpc) is 2.90. The van der Waals surface area contributed by atoms with Crippen molar-refractivity contribution >= 4 is 17.4 Å². The van der Waals surface area contributed by atoms with Gasteiger partial charge in [-0.2, -0.15) is 26.3 Å². The first kappa shape index (κ1) is 31.0. The first-order valence-corrected chi connectivity index (χ1v) is 11.7. The number of pyridine rings is 1. The number of ketones is 1. The highest BCUT2D eigenvalue weighted by molar-refractivity contribution is 6.31. The Morgan fingerprint density at radius 2 is 1.57 bits per heavy atom. The Kier molecular flexibility index (Phi) is 9.20. The third-order valence-corrected chi connectivity index (χ3v) is 6.04. The van der Waals surface area contributed by atoms with E-state index < -0.39 is 54.7 Å². The van der Waals surface area contributed by atoms with Crippen LogP contribution in [0.25, 0.3) is 11.3 Å². The van der Waals surface area contributed by atoms with Crippen LogP contribution in [0.15, 0.2) is 48.5 Å². The van der Waals surface area contributed by atoms with E-state index in [2.05, 4.69) is 9.72 Å². The lowest BCUT2D eigenvalue weighted by atomic mass is 9.89. The van der Waals surface area contributed by atoms with Crippen LogP contribution in [0.4, 0.5) is 30.7 Å². The van der Waals surface area contributed by atoms with Gasteiger partial charge in [-0.05, 0) is 55.0 Å². The predicted octanol–water partition coefficient (Wildman–Crippen LogP) is 6.91. The quantitative estimate of drug-likeness (QED) is 0.203. The van der Waals surface area contributed by atoms with E-state index in [1.165, 1.54) is 13.2 Å². The maximum absolute atomic E-state index is 14.2. The maximum Gasteiger partial charge on any atom is 0.422 e. The molecule has 0 spiro atoms. The summed E-state index contributed by atoms with van der Waals surface area (Å²) in [4.78, 5) is 16.7. The number of Topliss-reactive ketones (excluding diaryl/α,β-unsaturated/α-hetero) is 1. The van der Waals surface area contributed by atoms with Crippen molar-refractivity contribution in [1.29, 1.82) is 0 Å². The van der Waals surface area contributed by atoms with Crippen LogP contribution in [-0.2, 0) is 5.60 Å². The van der Waals surface area contributed by atoms with Gasteiger partial charge in [-0.1, -0.05) is 11.6 Å². The van der Waals surface area contributed by atoms with Crippen LogP contribution in [0.5, 0.6) is 17.2 Å². The lowest BCUT2D eigenvalue weighted by Crippen LogP contribution is -2.43. The van der Waals surface area contributed by atoms with Crippen molar-refractivity contribution in [3.8, 4) is 28.5 Å². The van der Waals surface area contributed by atoms with Crippen LogP contribution >= 0.6 is 11.6 Å². The Morgan fingerprint density at radius 1 is 0.925 bits per heavy atom. The fourth-order valence-corrected chi connectivity index (χ4v) is 3.85. The van der Waals surface area contributed by atoms with Crippen molar-refractivity contribution in [3.63, 3.8) is 0 Å². The van der Waals surface area contributed by atoms with Crippen LogP contribution in [0.2, 0.25) is 5.02 Å². The molecule has 0 aliphatic heterocycles. The second-order valence-corrected chi connectivity index (χ2v) is 8.83. The molecule has 1 N–H and O–H groups in total. The summed E-state index contributed by atoms with van der Waals surface area (Å²) in [5.74, 6) is -2.23. The van der Waals surface area contributed by atoms with Gasteiger partial charge in [0.05, 0.1) is 24.9 Å². The number of methoxy groups -OCH3 is 2. The van der Waals surface area contributed by atoms with Crippen molar-refractivity contribution in [2.45, 2.75) is 30.8 Å². The summed E-state index contributed by atoms with van der Waals surface area (Å²) >= 11 is 5.80. The summed E-state index contributed by atoms with van der Waals surface area (Å²) in [7, 11) is 2.33. The minimum Gasteiger partial charge on any atom is -0.494 e. The van der Waals surface area contributed by atoms with Gasteiger partial charge in [0.25, 0.3) is 0 Å². The van der Waals surface area contributed by atoms with Gasteiger partial charge in [0, 0.05) is 17.5 Å². The Bertz CT molecular complexity index is 1380. The fraction of sp³-hybridized carbons (Fsp3) is 0.308. The molecular formula is C26H21ClF7NO5. The van der Waals surface area contributed by atoms with Crippen molar-refractivity contribution < 1.29 is 54.8 Å². The number of halogens is 8. The Hall–Kier alpha value is -3.58. The van der Waals surface area contributed by atoms with Crippen LogP contribution in [0, 0.1) is 5.82 Å². The largest absolute Gasteiger partial charge is 0.494 e. The first-order valence-electron chi connectivity index (χ1n) is 11.3. The zero-order valence-corrected chi connectivity index (χ0v) is 21.5. The fourth-order valence-electron chi connectivity index (χ4n) is 3.67. The number of alkyl halides is 6. The second kappa shape index (κ2) is 11.9. The molecule has 1 atom stereocenters. The second-order valence-electron chi connectivity index (χ2n) is 8.43. The van der Waals surface area contributed by atoms with Gasteiger partial charge >= 0.3 is 12.4 Å². The smallest absolute Gasteiger partial charge is 0.422 e. The highest BCUT2D eigenvalue weighted by Gasteiger charge is 2.56. The summed E-state index contributed by atoms with van der Waals surface area (Å²) in [6, 6.07) is 8.40. The zero-order valence-electron chi connectivity index (χ0n) is 20.8. The molecule has 6 nitrogen and oxygen atoms in total. The minimum atomic E-state index is -5.29. The van der Waals surface area contributed by atoms with E-state index in [-0.39, 0.29) is 39.1 Å². The highest BCUT2D eigenvalue weighted by atomic mass is 35.5. The molecule has 0 fully saturated rings. The Labute approximate surface area is 228 Å². The molecule has 0 amide bonds. The number of aromatic nitrogens is 1. The number of carbonyl (C=O) groups excluding carboxylic acids is 1. The van der Waals surface area contributed by atoms with E-state index in [1.54, 1.807) is 0 Å². The molecule has 0 aliphatic carbocycles. The summed E-state index contributed by atoms with van der Waals surface area (Å²) in [5, 5.41) is 10.5. The van der Waals surface area contributed by atoms with Crippen LogP contribution in [0.1, 0.15) is 28.9 Å². The van der Waals surface area contributed by atoms with Crippen molar-refractivity contribution in [2.75, 3.05) is 20.8 Å². The van der Waals surface area contributed by atoms with E-state index in [1.807, 2.05) is 0 Å². The number of benzene rings is 2. The highest BCUT2D eigenvalue weighted by Crippen LogP contribution is 2.44.